The zero-order valence-corrected chi connectivity index (χ0v) is 8.55. The molecule has 0 radical (unpaired) electrons. The van der Waals surface area contributed by atoms with E-state index in [1.165, 1.54) is 6.92 Å². The Morgan fingerprint density at radius 3 is 2.00 bits per heavy atom. The first-order valence-electron chi connectivity index (χ1n) is 4.58. The van der Waals surface area contributed by atoms with Gasteiger partial charge in [-0.3, -0.25) is 0 Å². The molecule has 2 N–H and O–H groups in total. The van der Waals surface area contributed by atoms with E-state index in [0.29, 0.717) is 0 Å². The molecular weight excluding hydrogens is 152 g/mol. The second kappa shape index (κ2) is 13.2. The molecule has 0 atom stereocenters. The summed E-state index contributed by atoms with van der Waals surface area (Å²) in [6.45, 7) is 10.1. The summed E-state index contributed by atoms with van der Waals surface area (Å²) in [6.07, 6.45) is 1.88. The molecule has 0 saturated carbocycles. The van der Waals surface area contributed by atoms with E-state index in [1.54, 1.807) is 0 Å². The van der Waals surface area contributed by atoms with Crippen molar-refractivity contribution in [2.75, 3.05) is 26.2 Å². The average molecular weight is 174 g/mol. The first-order valence-corrected chi connectivity index (χ1v) is 4.58. The van der Waals surface area contributed by atoms with Crippen molar-refractivity contribution in [3.8, 4) is 0 Å². The van der Waals surface area contributed by atoms with Crippen molar-refractivity contribution in [1.29, 1.82) is 0 Å². The summed E-state index contributed by atoms with van der Waals surface area (Å²) >= 11 is 0. The van der Waals surface area contributed by atoms with E-state index in [4.69, 9.17) is 10.5 Å². The van der Waals surface area contributed by atoms with Gasteiger partial charge >= 0.3 is 0 Å². The SMILES string of the molecule is CC=O.CCN(CC)CCCN. The fourth-order valence-corrected chi connectivity index (χ4v) is 0.855. The Bertz CT molecular complexity index is 82.6. The predicted octanol–water partition coefficient (Wildman–Crippen LogP) is 0.882. The van der Waals surface area contributed by atoms with Crippen LogP contribution in [0, 0.1) is 0 Å². The summed E-state index contributed by atoms with van der Waals surface area (Å²) in [5.41, 5.74) is 5.36. The van der Waals surface area contributed by atoms with Gasteiger partial charge in [-0.15, -0.1) is 0 Å². The highest BCUT2D eigenvalue weighted by Gasteiger charge is 1.94. The third-order valence-electron chi connectivity index (χ3n) is 1.57. The van der Waals surface area contributed by atoms with Crippen LogP contribution in [0.3, 0.4) is 0 Å². The summed E-state index contributed by atoms with van der Waals surface area (Å²) in [5.74, 6) is 0. The Balaban J connectivity index is 0. The fraction of sp³-hybridized carbons (Fsp3) is 0.889. The molecule has 0 rings (SSSR count). The Morgan fingerprint density at radius 2 is 1.75 bits per heavy atom. The van der Waals surface area contributed by atoms with Crippen molar-refractivity contribution in [1.82, 2.24) is 4.90 Å². The summed E-state index contributed by atoms with van der Waals surface area (Å²) < 4.78 is 0. The largest absolute Gasteiger partial charge is 0.330 e. The lowest BCUT2D eigenvalue weighted by molar-refractivity contribution is -0.106. The predicted molar refractivity (Wildman–Crippen MR) is 53.2 cm³/mol. The zero-order chi connectivity index (χ0) is 9.82. The van der Waals surface area contributed by atoms with Gasteiger partial charge in [-0.05, 0) is 39.5 Å². The maximum absolute atomic E-state index is 8.81. The lowest BCUT2D eigenvalue weighted by Gasteiger charge is -2.16. The summed E-state index contributed by atoms with van der Waals surface area (Å²) in [4.78, 5) is 11.2. The molecule has 0 aliphatic heterocycles. The molecule has 0 aromatic heterocycles. The van der Waals surface area contributed by atoms with Gasteiger partial charge in [0.25, 0.3) is 0 Å². The van der Waals surface area contributed by atoms with Crippen LogP contribution < -0.4 is 5.73 Å². The highest BCUT2D eigenvalue weighted by molar-refractivity contribution is 5.44. The molecule has 3 nitrogen and oxygen atoms in total. The second-order valence-corrected chi connectivity index (χ2v) is 2.40. The molecule has 0 fully saturated rings. The minimum atomic E-state index is 0.750. The van der Waals surface area contributed by atoms with Gasteiger partial charge in [-0.25, -0.2) is 0 Å². The number of nitrogens with two attached hydrogens (primary N) is 1. The molecule has 74 valence electrons. The summed E-state index contributed by atoms with van der Waals surface area (Å²) in [5, 5.41) is 0. The van der Waals surface area contributed by atoms with Crippen LogP contribution in [0.15, 0.2) is 0 Å². The third kappa shape index (κ3) is 12.3. The average Bonchev–Trinajstić information content (AvgIpc) is 2.08. The van der Waals surface area contributed by atoms with Crippen LogP contribution in [0.4, 0.5) is 0 Å². The van der Waals surface area contributed by atoms with E-state index in [1.807, 2.05) is 0 Å². The monoisotopic (exact) mass is 174 g/mol. The first kappa shape index (κ1) is 14.1. The molecule has 0 amide bonds. The van der Waals surface area contributed by atoms with Crippen molar-refractivity contribution in [2.24, 2.45) is 5.73 Å². The molecule has 0 heterocycles. The van der Waals surface area contributed by atoms with Crippen LogP contribution >= 0.6 is 0 Å². The van der Waals surface area contributed by atoms with Gasteiger partial charge in [-0.2, -0.15) is 0 Å². The number of hydrogen-bond donors (Lipinski definition) is 1. The Kier molecular flexibility index (Phi) is 15.5. The number of rotatable bonds is 5. The van der Waals surface area contributed by atoms with Crippen LogP contribution in [0.5, 0.6) is 0 Å². The Hall–Kier alpha value is -0.410. The van der Waals surface area contributed by atoms with Crippen molar-refractivity contribution in [2.45, 2.75) is 27.2 Å². The normalized spacial score (nSPS) is 9.08. The minimum Gasteiger partial charge on any atom is -0.330 e. The Morgan fingerprint density at radius 1 is 1.33 bits per heavy atom. The molecule has 0 aromatic rings. The minimum absolute atomic E-state index is 0.750. The van der Waals surface area contributed by atoms with E-state index >= 15 is 0 Å². The molecule has 0 bridgehead atoms. The molecule has 0 saturated heterocycles. The highest BCUT2D eigenvalue weighted by atomic mass is 16.1. The van der Waals surface area contributed by atoms with Crippen LogP contribution in [0.1, 0.15) is 27.2 Å². The molecule has 0 aliphatic carbocycles. The van der Waals surface area contributed by atoms with Crippen molar-refractivity contribution >= 4 is 6.29 Å². The van der Waals surface area contributed by atoms with Crippen molar-refractivity contribution in [3.05, 3.63) is 0 Å². The molecule has 3 heteroatoms. The van der Waals surface area contributed by atoms with Gasteiger partial charge in [0.1, 0.15) is 6.29 Å². The van der Waals surface area contributed by atoms with E-state index < -0.39 is 0 Å². The van der Waals surface area contributed by atoms with E-state index in [0.717, 1.165) is 38.9 Å². The Labute approximate surface area is 75.9 Å². The van der Waals surface area contributed by atoms with Crippen molar-refractivity contribution in [3.63, 3.8) is 0 Å². The van der Waals surface area contributed by atoms with Crippen LogP contribution in [-0.2, 0) is 4.79 Å². The van der Waals surface area contributed by atoms with E-state index in [2.05, 4.69) is 18.7 Å². The van der Waals surface area contributed by atoms with Gasteiger partial charge in [0.05, 0.1) is 0 Å². The third-order valence-corrected chi connectivity index (χ3v) is 1.57. The molecule has 0 spiro atoms. The van der Waals surface area contributed by atoms with Gasteiger partial charge in [0.2, 0.25) is 0 Å². The van der Waals surface area contributed by atoms with Gasteiger partial charge in [0.15, 0.2) is 0 Å². The van der Waals surface area contributed by atoms with Crippen molar-refractivity contribution < 1.29 is 4.79 Å². The van der Waals surface area contributed by atoms with Gasteiger partial charge < -0.3 is 15.4 Å². The quantitative estimate of drug-likeness (QED) is 0.629. The van der Waals surface area contributed by atoms with Crippen LogP contribution in [0.25, 0.3) is 0 Å². The van der Waals surface area contributed by atoms with Gasteiger partial charge in [0, 0.05) is 0 Å². The maximum atomic E-state index is 8.81. The zero-order valence-electron chi connectivity index (χ0n) is 8.55. The molecular formula is C9H22N2O. The number of aldehydes is 1. The molecule has 0 unspecified atom stereocenters. The lowest BCUT2D eigenvalue weighted by Crippen LogP contribution is -2.25. The van der Waals surface area contributed by atoms with E-state index in [9.17, 15) is 0 Å². The molecule has 12 heavy (non-hydrogen) atoms. The highest BCUT2D eigenvalue weighted by Crippen LogP contribution is 1.87. The van der Waals surface area contributed by atoms with Crippen LogP contribution in [0.2, 0.25) is 0 Å². The standard InChI is InChI=1S/C7H18N2.C2H4O/c1-3-9(4-2)7-5-6-8;1-2-3/h3-8H2,1-2H3;2H,1H3. The van der Waals surface area contributed by atoms with E-state index in [-0.39, 0.29) is 0 Å². The lowest BCUT2D eigenvalue weighted by atomic mass is 10.4. The smallest absolute Gasteiger partial charge is 0.116 e. The second-order valence-electron chi connectivity index (χ2n) is 2.40. The molecule has 0 aliphatic rings. The number of carbonyl (C=O) groups is 1. The summed E-state index contributed by atoms with van der Waals surface area (Å²) in [6, 6.07) is 0. The summed E-state index contributed by atoms with van der Waals surface area (Å²) in [7, 11) is 0. The number of nitrogens with zero attached hydrogens (tertiary/aromatic N) is 1. The molecule has 0 aromatic carbocycles. The maximum Gasteiger partial charge on any atom is 0.116 e. The van der Waals surface area contributed by atoms with Gasteiger partial charge in [-0.1, -0.05) is 13.8 Å². The topological polar surface area (TPSA) is 46.3 Å². The fourth-order valence-electron chi connectivity index (χ4n) is 0.855. The number of hydrogen-bond acceptors (Lipinski definition) is 3. The first-order chi connectivity index (χ1) is 5.76. The number of carbonyl (C=O) groups excluding carboxylic acids is 1. The van der Waals surface area contributed by atoms with Crippen LogP contribution in [-0.4, -0.2) is 37.4 Å².